The van der Waals surface area contributed by atoms with Gasteiger partial charge in [0.2, 0.25) is 5.96 Å². The highest BCUT2D eigenvalue weighted by atomic mass is 35.5. The Hall–Kier alpha value is -2.74. The van der Waals surface area contributed by atoms with Crippen molar-refractivity contribution in [3.63, 3.8) is 0 Å². The molecule has 0 aromatic heterocycles. The lowest BCUT2D eigenvalue weighted by atomic mass is 10.1. The number of guanidine groups is 1. The maximum atomic E-state index is 12.5. The third kappa shape index (κ3) is 2.79. The van der Waals surface area contributed by atoms with Gasteiger partial charge in [-0.25, -0.2) is 9.79 Å². The predicted molar refractivity (Wildman–Crippen MR) is 108 cm³/mol. The third-order valence-electron chi connectivity index (χ3n) is 5.62. The largest absolute Gasteiger partial charge is 0.383 e. The van der Waals surface area contributed by atoms with Gasteiger partial charge < -0.3 is 15.1 Å². The third-order valence-corrected chi connectivity index (χ3v) is 5.86. The average molecular weight is 403 g/mol. The minimum atomic E-state index is -0.527. The summed E-state index contributed by atoms with van der Waals surface area (Å²) in [6.07, 6.45) is -0.509. The molecule has 148 valence electrons. The summed E-state index contributed by atoms with van der Waals surface area (Å²) in [6, 6.07) is 4.82. The number of aryl methyl sites for hydroxylation is 1. The minimum absolute atomic E-state index is 0.312. The lowest BCUT2D eigenvalue weighted by molar-refractivity contribution is -0.126. The van der Waals surface area contributed by atoms with Crippen LogP contribution < -0.4 is 10.6 Å². The number of halogens is 1. The van der Waals surface area contributed by atoms with Crippen LogP contribution in [0.1, 0.15) is 19.4 Å². The molecule has 28 heavy (non-hydrogen) atoms. The highest BCUT2D eigenvalue weighted by Gasteiger charge is 2.52. The topological polar surface area (TPSA) is 80.3 Å². The van der Waals surface area contributed by atoms with Crippen molar-refractivity contribution in [1.29, 1.82) is 0 Å². The summed E-state index contributed by atoms with van der Waals surface area (Å²) in [5.41, 5.74) is 4.14. The molecular formula is C19H23ClN6O2. The molecule has 1 aromatic carbocycles. The maximum Gasteiger partial charge on any atom is 0.325 e. The highest BCUT2D eigenvalue weighted by Crippen LogP contribution is 2.35. The molecule has 0 spiro atoms. The number of rotatable bonds is 4. The Morgan fingerprint density at radius 1 is 1.21 bits per heavy atom. The number of nitrogens with zero attached hydrogens (tertiary/aromatic N) is 4. The van der Waals surface area contributed by atoms with Crippen LogP contribution in [0, 0.1) is 6.92 Å². The standard InChI is InChI=1S/C19H23ClN6O2/c1-10-5-6-13(20)9-14(10)21-7-8-25-11(2)12(3)26-15-16(22-18(25)26)24(4)19(28)23-17(15)27/h5-6,9,15-16,21H,7-8H2,1-4H3,(H,23,27,28). The molecule has 0 radical (unpaired) electrons. The van der Waals surface area contributed by atoms with E-state index in [4.69, 9.17) is 16.6 Å². The molecular weight excluding hydrogens is 380 g/mol. The lowest BCUT2D eigenvalue weighted by Crippen LogP contribution is -2.63. The molecule has 2 N–H and O–H groups in total. The van der Waals surface area contributed by atoms with Crippen LogP contribution in [0.25, 0.3) is 0 Å². The number of anilines is 1. The number of hydrogen-bond donors (Lipinski definition) is 2. The molecule has 8 nitrogen and oxygen atoms in total. The summed E-state index contributed by atoms with van der Waals surface area (Å²) in [5.74, 6) is 0.403. The summed E-state index contributed by atoms with van der Waals surface area (Å²) in [5, 5.41) is 6.51. The molecule has 3 aliphatic heterocycles. The van der Waals surface area contributed by atoms with Gasteiger partial charge in [0, 0.05) is 42.2 Å². The van der Waals surface area contributed by atoms with Crippen LogP contribution in [0.15, 0.2) is 34.6 Å². The fraction of sp³-hybridized carbons (Fsp3) is 0.421. The Labute approximate surface area is 168 Å². The van der Waals surface area contributed by atoms with E-state index in [9.17, 15) is 9.59 Å². The lowest BCUT2D eigenvalue weighted by Gasteiger charge is -2.35. The van der Waals surface area contributed by atoms with Crippen molar-refractivity contribution in [1.82, 2.24) is 20.0 Å². The molecule has 3 heterocycles. The Morgan fingerprint density at radius 2 is 1.96 bits per heavy atom. The Morgan fingerprint density at radius 3 is 2.71 bits per heavy atom. The van der Waals surface area contributed by atoms with Crippen molar-refractivity contribution in [2.75, 3.05) is 25.5 Å². The number of likely N-dealkylation sites (N-methyl/N-ethyl adjacent to an activating group) is 1. The number of urea groups is 1. The van der Waals surface area contributed by atoms with Crippen molar-refractivity contribution in [3.8, 4) is 0 Å². The van der Waals surface area contributed by atoms with Crippen molar-refractivity contribution < 1.29 is 9.59 Å². The van der Waals surface area contributed by atoms with Crippen molar-refractivity contribution in [3.05, 3.63) is 40.2 Å². The molecule has 4 rings (SSSR count). The van der Waals surface area contributed by atoms with Gasteiger partial charge in [0.1, 0.15) is 0 Å². The zero-order valence-corrected chi connectivity index (χ0v) is 17.0. The van der Waals surface area contributed by atoms with Gasteiger partial charge in [-0.1, -0.05) is 17.7 Å². The fourth-order valence-electron chi connectivity index (χ4n) is 3.88. The fourth-order valence-corrected chi connectivity index (χ4v) is 4.05. The normalized spacial score (nSPS) is 23.8. The number of hydrogen-bond acceptors (Lipinski definition) is 6. The Balaban J connectivity index is 1.53. The number of carbonyl (C=O) groups is 2. The van der Waals surface area contributed by atoms with Crippen molar-refractivity contribution in [2.45, 2.75) is 33.0 Å². The van der Waals surface area contributed by atoms with E-state index in [0.29, 0.717) is 24.1 Å². The molecule has 0 saturated carbocycles. The van der Waals surface area contributed by atoms with Gasteiger partial charge in [0.25, 0.3) is 5.91 Å². The number of amides is 3. The van der Waals surface area contributed by atoms with Crippen LogP contribution >= 0.6 is 11.6 Å². The second-order valence-corrected chi connectivity index (χ2v) is 7.71. The van der Waals surface area contributed by atoms with Crippen LogP contribution in [0.4, 0.5) is 10.5 Å². The first kappa shape index (κ1) is 18.6. The summed E-state index contributed by atoms with van der Waals surface area (Å²) in [4.78, 5) is 34.6. The maximum absolute atomic E-state index is 12.5. The van der Waals surface area contributed by atoms with Gasteiger partial charge in [0.15, 0.2) is 12.2 Å². The van der Waals surface area contributed by atoms with E-state index in [0.717, 1.165) is 22.6 Å². The number of allylic oxidation sites excluding steroid dienone is 2. The molecule has 0 bridgehead atoms. The number of fused-ring (bicyclic) bond motifs is 3. The molecule has 1 fully saturated rings. The van der Waals surface area contributed by atoms with Gasteiger partial charge >= 0.3 is 6.03 Å². The summed E-state index contributed by atoms with van der Waals surface area (Å²) < 4.78 is 0. The smallest absolute Gasteiger partial charge is 0.325 e. The van der Waals surface area contributed by atoms with E-state index in [1.54, 1.807) is 7.05 Å². The first-order chi connectivity index (χ1) is 13.3. The molecule has 2 atom stereocenters. The number of nitrogens with one attached hydrogen (secondary N) is 2. The molecule has 2 unspecified atom stereocenters. The average Bonchev–Trinajstić information content (AvgIpc) is 3.14. The van der Waals surface area contributed by atoms with Gasteiger partial charge in [0.05, 0.1) is 0 Å². The second-order valence-electron chi connectivity index (χ2n) is 7.27. The Bertz CT molecular complexity index is 927. The van der Waals surface area contributed by atoms with Gasteiger partial charge in [-0.15, -0.1) is 0 Å². The predicted octanol–water partition coefficient (Wildman–Crippen LogP) is 2.18. The summed E-state index contributed by atoms with van der Waals surface area (Å²) in [6.45, 7) is 7.37. The van der Waals surface area contributed by atoms with Crippen LogP contribution in [-0.4, -0.2) is 64.9 Å². The van der Waals surface area contributed by atoms with Gasteiger partial charge in [-0.05, 0) is 38.5 Å². The van der Waals surface area contributed by atoms with Crippen LogP contribution in [-0.2, 0) is 4.79 Å². The molecule has 9 heteroatoms. The summed E-state index contributed by atoms with van der Waals surface area (Å²) in [7, 11) is 1.66. The molecule has 1 aromatic rings. The number of carbonyl (C=O) groups excluding carboxylic acids is 2. The van der Waals surface area contributed by atoms with E-state index in [1.165, 1.54) is 4.90 Å². The zero-order chi connectivity index (χ0) is 20.2. The first-order valence-electron chi connectivity index (χ1n) is 9.19. The minimum Gasteiger partial charge on any atom is -0.383 e. The van der Waals surface area contributed by atoms with E-state index in [-0.39, 0.29) is 5.91 Å². The van der Waals surface area contributed by atoms with Gasteiger partial charge in [-0.2, -0.15) is 0 Å². The van der Waals surface area contributed by atoms with Crippen LogP contribution in [0.2, 0.25) is 5.02 Å². The van der Waals surface area contributed by atoms with Crippen molar-refractivity contribution >= 4 is 35.2 Å². The van der Waals surface area contributed by atoms with Crippen LogP contribution in [0.3, 0.4) is 0 Å². The molecule has 0 aliphatic carbocycles. The zero-order valence-electron chi connectivity index (χ0n) is 16.3. The quantitative estimate of drug-likeness (QED) is 0.806. The van der Waals surface area contributed by atoms with Crippen molar-refractivity contribution in [2.24, 2.45) is 4.99 Å². The van der Waals surface area contributed by atoms with E-state index < -0.39 is 18.2 Å². The number of aliphatic imine (C=N–C) groups is 1. The van der Waals surface area contributed by atoms with E-state index in [1.807, 2.05) is 43.9 Å². The number of benzene rings is 1. The van der Waals surface area contributed by atoms with E-state index >= 15 is 0 Å². The molecule has 3 aliphatic rings. The molecule has 1 saturated heterocycles. The van der Waals surface area contributed by atoms with Crippen LogP contribution in [0.5, 0.6) is 0 Å². The second kappa shape index (κ2) is 6.70. The Kier molecular flexibility index (Phi) is 4.45. The first-order valence-corrected chi connectivity index (χ1v) is 9.57. The highest BCUT2D eigenvalue weighted by molar-refractivity contribution is 6.30. The number of imide groups is 1. The molecule has 3 amide bonds. The SMILES string of the molecule is CC1=C(C)N2C(=NC3C2C(=O)NC(=O)N3C)N1CCNc1cc(Cl)ccc1C. The monoisotopic (exact) mass is 402 g/mol. The summed E-state index contributed by atoms with van der Waals surface area (Å²) >= 11 is 6.09. The van der Waals surface area contributed by atoms with Gasteiger partial charge in [-0.3, -0.25) is 15.0 Å². The van der Waals surface area contributed by atoms with E-state index in [2.05, 4.69) is 15.5 Å².